The Balaban J connectivity index is 1.89. The summed E-state index contributed by atoms with van der Waals surface area (Å²) in [6, 6.07) is 8.09. The van der Waals surface area contributed by atoms with E-state index in [1.165, 1.54) is 5.56 Å². The molecular weight excluding hydrogens is 348 g/mol. The fourth-order valence-corrected chi connectivity index (χ4v) is 5.12. The molecule has 2 aromatic rings. The van der Waals surface area contributed by atoms with Gasteiger partial charge in [0, 0.05) is 30.5 Å². The number of nitrogens with zero attached hydrogens (tertiary/aromatic N) is 3. The third kappa shape index (κ3) is 3.98. The topological polar surface area (TPSA) is 75.2 Å². The smallest absolute Gasteiger partial charge is 0.227 e. The van der Waals surface area contributed by atoms with Gasteiger partial charge in [0.1, 0.15) is 5.82 Å². The van der Waals surface area contributed by atoms with E-state index in [1.807, 2.05) is 24.9 Å². The summed E-state index contributed by atoms with van der Waals surface area (Å²) in [4.78, 5) is 11.0. The Morgan fingerprint density at radius 2 is 2.04 bits per heavy atom. The van der Waals surface area contributed by atoms with Gasteiger partial charge in [-0.1, -0.05) is 25.1 Å². The molecule has 1 aliphatic rings. The van der Waals surface area contributed by atoms with Crippen LogP contribution >= 0.6 is 0 Å². The number of hydrogen-bond acceptors (Lipinski definition) is 6. The Bertz CT molecular complexity index is 912. The average molecular weight is 375 g/mol. The van der Waals surface area contributed by atoms with Crippen LogP contribution in [0.5, 0.6) is 0 Å². The van der Waals surface area contributed by atoms with Crippen LogP contribution in [-0.4, -0.2) is 43.0 Å². The molecule has 1 atom stereocenters. The Hall–Kier alpha value is -2.15. The monoisotopic (exact) mass is 374 g/mol. The molecule has 3 rings (SSSR count). The van der Waals surface area contributed by atoms with E-state index < -0.39 is 9.84 Å². The minimum atomic E-state index is -2.94. The number of aryl methyl sites for hydroxylation is 3. The third-order valence-electron chi connectivity index (χ3n) is 4.91. The van der Waals surface area contributed by atoms with Gasteiger partial charge in [-0.3, -0.25) is 0 Å². The first-order chi connectivity index (χ1) is 12.3. The van der Waals surface area contributed by atoms with Crippen molar-refractivity contribution in [3.8, 4) is 0 Å². The molecule has 0 aliphatic carbocycles. The summed E-state index contributed by atoms with van der Waals surface area (Å²) in [5.74, 6) is 1.69. The van der Waals surface area contributed by atoms with Crippen molar-refractivity contribution in [2.24, 2.45) is 0 Å². The van der Waals surface area contributed by atoms with E-state index in [1.54, 1.807) is 0 Å². The highest BCUT2D eigenvalue weighted by Crippen LogP contribution is 2.27. The molecule has 0 radical (unpaired) electrons. The lowest BCUT2D eigenvalue weighted by molar-refractivity contribution is 0.600. The Morgan fingerprint density at radius 3 is 2.69 bits per heavy atom. The Morgan fingerprint density at radius 1 is 1.27 bits per heavy atom. The van der Waals surface area contributed by atoms with E-state index in [4.69, 9.17) is 0 Å². The molecule has 1 fully saturated rings. The van der Waals surface area contributed by atoms with Gasteiger partial charge in [0.2, 0.25) is 5.95 Å². The van der Waals surface area contributed by atoms with Crippen LogP contribution in [-0.2, 0) is 16.3 Å². The molecule has 1 unspecified atom stereocenters. The van der Waals surface area contributed by atoms with E-state index in [2.05, 4.69) is 47.3 Å². The van der Waals surface area contributed by atoms with Gasteiger partial charge in [0.25, 0.3) is 0 Å². The van der Waals surface area contributed by atoms with Crippen LogP contribution in [0.1, 0.15) is 30.2 Å². The zero-order valence-corrected chi connectivity index (χ0v) is 16.6. The number of rotatable bonds is 5. The van der Waals surface area contributed by atoms with Crippen LogP contribution in [0.2, 0.25) is 0 Å². The average Bonchev–Trinajstić information content (AvgIpc) is 2.95. The quantitative estimate of drug-likeness (QED) is 0.867. The van der Waals surface area contributed by atoms with Crippen molar-refractivity contribution in [3.05, 3.63) is 41.1 Å². The van der Waals surface area contributed by atoms with Gasteiger partial charge in [-0.05, 0) is 37.8 Å². The molecule has 1 saturated heterocycles. The first kappa shape index (κ1) is 18.6. The first-order valence-electron chi connectivity index (χ1n) is 8.93. The van der Waals surface area contributed by atoms with Crippen LogP contribution in [0, 0.1) is 13.8 Å². The molecule has 0 bridgehead atoms. The van der Waals surface area contributed by atoms with E-state index in [9.17, 15) is 8.42 Å². The number of para-hydroxylation sites is 1. The summed E-state index contributed by atoms with van der Waals surface area (Å²) in [6.45, 7) is 6.13. The van der Waals surface area contributed by atoms with Crippen LogP contribution in [0.4, 0.5) is 17.5 Å². The van der Waals surface area contributed by atoms with Crippen LogP contribution < -0.4 is 10.2 Å². The van der Waals surface area contributed by atoms with Crippen molar-refractivity contribution in [3.63, 3.8) is 0 Å². The summed E-state index contributed by atoms with van der Waals surface area (Å²) < 4.78 is 23.6. The summed E-state index contributed by atoms with van der Waals surface area (Å²) in [7, 11) is -1.07. The van der Waals surface area contributed by atoms with Crippen molar-refractivity contribution in [2.45, 2.75) is 39.7 Å². The molecule has 7 heteroatoms. The van der Waals surface area contributed by atoms with Gasteiger partial charge >= 0.3 is 0 Å². The SMILES string of the molecule is CCc1cccc(C)c1Nc1cc(C)nc(N(C)C2CCS(=O)(=O)C2)n1. The van der Waals surface area contributed by atoms with Crippen molar-refractivity contribution < 1.29 is 8.42 Å². The van der Waals surface area contributed by atoms with Gasteiger partial charge in [-0.25, -0.2) is 13.4 Å². The fourth-order valence-electron chi connectivity index (χ4n) is 3.35. The Kier molecular flexibility index (Phi) is 5.18. The standard InChI is InChI=1S/C19H26N4O2S/c1-5-15-8-6-7-13(2)18(15)21-17-11-14(3)20-19(22-17)23(4)16-9-10-26(24,25)12-16/h6-8,11,16H,5,9-10,12H2,1-4H3,(H,20,21,22). The summed E-state index contributed by atoms with van der Waals surface area (Å²) in [6.07, 6.45) is 1.55. The summed E-state index contributed by atoms with van der Waals surface area (Å²) in [5.41, 5.74) is 4.32. The van der Waals surface area contributed by atoms with Crippen molar-refractivity contribution in [1.82, 2.24) is 9.97 Å². The van der Waals surface area contributed by atoms with E-state index in [0.717, 1.165) is 29.2 Å². The van der Waals surface area contributed by atoms with Gasteiger partial charge < -0.3 is 10.2 Å². The number of sulfone groups is 1. The van der Waals surface area contributed by atoms with Crippen molar-refractivity contribution >= 4 is 27.3 Å². The molecule has 1 aromatic carbocycles. The molecule has 1 N–H and O–H groups in total. The minimum Gasteiger partial charge on any atom is -0.340 e. The maximum atomic E-state index is 11.8. The number of anilines is 3. The van der Waals surface area contributed by atoms with Crippen LogP contribution in [0.15, 0.2) is 24.3 Å². The van der Waals surface area contributed by atoms with Gasteiger partial charge in [-0.2, -0.15) is 4.98 Å². The lowest BCUT2D eigenvalue weighted by Gasteiger charge is -2.24. The van der Waals surface area contributed by atoms with Crippen LogP contribution in [0.25, 0.3) is 0 Å². The number of nitrogens with one attached hydrogen (secondary N) is 1. The van der Waals surface area contributed by atoms with E-state index >= 15 is 0 Å². The molecule has 0 spiro atoms. The number of hydrogen-bond donors (Lipinski definition) is 1. The zero-order valence-electron chi connectivity index (χ0n) is 15.8. The zero-order chi connectivity index (χ0) is 18.9. The van der Waals surface area contributed by atoms with Crippen molar-refractivity contribution in [1.29, 1.82) is 0 Å². The molecule has 1 aliphatic heterocycles. The minimum absolute atomic E-state index is 0.0701. The summed E-state index contributed by atoms with van der Waals surface area (Å²) >= 11 is 0. The van der Waals surface area contributed by atoms with Crippen LogP contribution in [0.3, 0.4) is 0 Å². The normalized spacial score (nSPS) is 18.7. The maximum Gasteiger partial charge on any atom is 0.227 e. The van der Waals surface area contributed by atoms with Gasteiger partial charge in [-0.15, -0.1) is 0 Å². The van der Waals surface area contributed by atoms with E-state index in [-0.39, 0.29) is 17.5 Å². The summed E-state index contributed by atoms with van der Waals surface area (Å²) in [5, 5.41) is 3.44. The first-order valence-corrected chi connectivity index (χ1v) is 10.8. The molecule has 1 aromatic heterocycles. The van der Waals surface area contributed by atoms with E-state index in [0.29, 0.717) is 12.4 Å². The van der Waals surface area contributed by atoms with Gasteiger partial charge in [0.05, 0.1) is 11.5 Å². The molecule has 6 nitrogen and oxygen atoms in total. The van der Waals surface area contributed by atoms with Crippen molar-refractivity contribution in [2.75, 3.05) is 28.8 Å². The molecule has 26 heavy (non-hydrogen) atoms. The number of benzene rings is 1. The second kappa shape index (κ2) is 7.23. The largest absolute Gasteiger partial charge is 0.340 e. The van der Waals surface area contributed by atoms with Gasteiger partial charge in [0.15, 0.2) is 9.84 Å². The molecule has 0 amide bonds. The lowest BCUT2D eigenvalue weighted by Crippen LogP contribution is -2.34. The Labute approximate surface area is 155 Å². The molecular formula is C19H26N4O2S. The highest BCUT2D eigenvalue weighted by atomic mass is 32.2. The second-order valence-corrected chi connectivity index (χ2v) is 9.18. The highest BCUT2D eigenvalue weighted by Gasteiger charge is 2.32. The molecule has 0 saturated carbocycles. The maximum absolute atomic E-state index is 11.8. The predicted octanol–water partition coefficient (Wildman–Crippen LogP) is 3.02. The molecule has 140 valence electrons. The predicted molar refractivity (Wildman–Crippen MR) is 106 cm³/mol. The highest BCUT2D eigenvalue weighted by molar-refractivity contribution is 7.91. The number of aromatic nitrogens is 2. The fraction of sp³-hybridized carbons (Fsp3) is 0.474. The second-order valence-electron chi connectivity index (χ2n) is 6.95. The lowest BCUT2D eigenvalue weighted by atomic mass is 10.1. The molecule has 2 heterocycles. The third-order valence-corrected chi connectivity index (χ3v) is 6.66.